The van der Waals surface area contributed by atoms with Crippen LogP contribution < -0.4 is 11.3 Å². The van der Waals surface area contributed by atoms with Gasteiger partial charge in [-0.3, -0.25) is 15.0 Å². The van der Waals surface area contributed by atoms with E-state index >= 15 is 0 Å². The van der Waals surface area contributed by atoms with Gasteiger partial charge in [-0.05, 0) is 24.3 Å². The van der Waals surface area contributed by atoms with Crippen LogP contribution in [0.3, 0.4) is 0 Å². The van der Waals surface area contributed by atoms with Gasteiger partial charge in [0.05, 0.1) is 15.9 Å². The van der Waals surface area contributed by atoms with E-state index in [1.807, 2.05) is 48.5 Å². The molecule has 2 aromatic heterocycles. The maximum absolute atomic E-state index is 11.6. The van der Waals surface area contributed by atoms with Gasteiger partial charge in [-0.1, -0.05) is 24.3 Å². The minimum atomic E-state index is -0.409. The fourth-order valence-electron chi connectivity index (χ4n) is 2.30. The summed E-state index contributed by atoms with van der Waals surface area (Å²) in [7, 11) is 0. The molecule has 0 aliphatic rings. The Bertz CT molecular complexity index is 1070. The van der Waals surface area contributed by atoms with Crippen molar-refractivity contribution < 1.29 is 0 Å². The summed E-state index contributed by atoms with van der Waals surface area (Å²) < 4.78 is 1.10. The second-order valence-corrected chi connectivity index (χ2v) is 6.08. The molecule has 7 nitrogen and oxygen atoms in total. The maximum atomic E-state index is 11.6. The molecule has 0 saturated carbocycles. The Morgan fingerprint density at radius 1 is 1.00 bits per heavy atom. The molecule has 0 aliphatic carbocycles. The fourth-order valence-corrected chi connectivity index (χ4v) is 3.30. The molecule has 0 amide bonds. The molecule has 118 valence electrons. The summed E-state index contributed by atoms with van der Waals surface area (Å²) in [6.45, 7) is 0. The van der Waals surface area contributed by atoms with Gasteiger partial charge < -0.3 is 5.73 Å². The van der Waals surface area contributed by atoms with E-state index in [2.05, 4.69) is 25.4 Å². The van der Waals surface area contributed by atoms with Crippen molar-refractivity contribution in [2.75, 3.05) is 5.73 Å². The van der Waals surface area contributed by atoms with Crippen LogP contribution in [0.4, 0.5) is 17.2 Å². The van der Waals surface area contributed by atoms with Crippen molar-refractivity contribution in [1.29, 1.82) is 0 Å². The molecule has 24 heavy (non-hydrogen) atoms. The molecule has 0 aliphatic heterocycles. The molecule has 0 spiro atoms. The summed E-state index contributed by atoms with van der Waals surface area (Å²) in [5.74, 6) is 0.154. The number of hydrogen-bond acceptors (Lipinski definition) is 6. The minimum absolute atomic E-state index is 0.0640. The van der Waals surface area contributed by atoms with Crippen molar-refractivity contribution in [2.45, 2.75) is 0 Å². The van der Waals surface area contributed by atoms with Crippen LogP contribution in [-0.4, -0.2) is 15.2 Å². The first-order valence-corrected chi connectivity index (χ1v) is 7.97. The van der Waals surface area contributed by atoms with E-state index < -0.39 is 5.56 Å². The topological polar surface area (TPSA) is 112 Å². The lowest BCUT2D eigenvalue weighted by Crippen LogP contribution is -1.96. The number of nitrogens with two attached hydrogens (primary N) is 1. The Kier molecular flexibility index (Phi) is 3.43. The molecule has 0 radical (unpaired) electrons. The van der Waals surface area contributed by atoms with E-state index in [4.69, 9.17) is 5.73 Å². The van der Waals surface area contributed by atoms with E-state index in [1.165, 1.54) is 0 Å². The SMILES string of the molecule is Nc1[nH][nH]c(=O)c1N=Nc1ccccc1-c1nc2ccccc2s1. The van der Waals surface area contributed by atoms with Crippen molar-refractivity contribution in [3.05, 3.63) is 58.9 Å². The Morgan fingerprint density at radius 2 is 1.79 bits per heavy atom. The second-order valence-electron chi connectivity index (χ2n) is 5.05. The van der Waals surface area contributed by atoms with Crippen LogP contribution in [0.2, 0.25) is 0 Å². The molecule has 2 aromatic carbocycles. The number of nitrogens with zero attached hydrogens (tertiary/aromatic N) is 3. The number of benzene rings is 2. The highest BCUT2D eigenvalue weighted by Crippen LogP contribution is 2.36. The minimum Gasteiger partial charge on any atom is -0.382 e. The van der Waals surface area contributed by atoms with Crippen molar-refractivity contribution in [3.8, 4) is 10.6 Å². The third-order valence-corrected chi connectivity index (χ3v) is 4.54. The van der Waals surface area contributed by atoms with Gasteiger partial charge in [-0.25, -0.2) is 4.98 Å². The molecule has 0 saturated heterocycles. The normalized spacial score (nSPS) is 11.5. The molecular formula is C16H12N6OS. The van der Waals surface area contributed by atoms with Crippen LogP contribution in [-0.2, 0) is 0 Å². The van der Waals surface area contributed by atoms with Gasteiger partial charge in [0.25, 0.3) is 5.56 Å². The Balaban J connectivity index is 1.79. The maximum Gasteiger partial charge on any atom is 0.293 e. The zero-order chi connectivity index (χ0) is 16.5. The van der Waals surface area contributed by atoms with Crippen molar-refractivity contribution in [3.63, 3.8) is 0 Å². The van der Waals surface area contributed by atoms with Gasteiger partial charge in [-0.2, -0.15) is 0 Å². The number of rotatable bonds is 3. The van der Waals surface area contributed by atoms with E-state index in [0.29, 0.717) is 5.69 Å². The van der Waals surface area contributed by atoms with Crippen LogP contribution >= 0.6 is 11.3 Å². The summed E-state index contributed by atoms with van der Waals surface area (Å²) in [5, 5.41) is 13.9. The lowest BCUT2D eigenvalue weighted by molar-refractivity contribution is 1.06. The second kappa shape index (κ2) is 5.74. The lowest BCUT2D eigenvalue weighted by atomic mass is 10.2. The number of azo groups is 1. The van der Waals surface area contributed by atoms with Crippen molar-refractivity contribution in [2.24, 2.45) is 10.2 Å². The quantitative estimate of drug-likeness (QED) is 0.492. The van der Waals surface area contributed by atoms with Gasteiger partial charge in [0.2, 0.25) is 0 Å². The number of fused-ring (bicyclic) bond motifs is 1. The molecule has 2 heterocycles. The molecule has 0 unspecified atom stereocenters. The predicted molar refractivity (Wildman–Crippen MR) is 95.1 cm³/mol. The average Bonchev–Trinajstić information content (AvgIpc) is 3.17. The zero-order valence-corrected chi connectivity index (χ0v) is 13.2. The number of nitrogen functional groups attached to an aromatic ring is 1. The van der Waals surface area contributed by atoms with E-state index in [0.717, 1.165) is 20.8 Å². The van der Waals surface area contributed by atoms with Gasteiger partial charge in [0.15, 0.2) is 5.69 Å². The number of aromatic amines is 2. The van der Waals surface area contributed by atoms with Crippen LogP contribution in [0.1, 0.15) is 0 Å². The standard InChI is InChI=1S/C16H12N6OS/c17-14-13(15(23)22-21-14)20-19-10-6-2-1-5-9(10)16-18-11-7-3-4-8-12(11)24-16/h1-8H,(H4,17,21,22,23). The largest absolute Gasteiger partial charge is 0.382 e. The molecule has 0 fully saturated rings. The number of H-pyrrole nitrogens is 2. The molecular weight excluding hydrogens is 324 g/mol. The van der Waals surface area contributed by atoms with Gasteiger partial charge in [0, 0.05) is 5.56 Å². The smallest absolute Gasteiger partial charge is 0.293 e. The number of anilines is 1. The summed E-state index contributed by atoms with van der Waals surface area (Å²) in [5.41, 5.74) is 7.73. The van der Waals surface area contributed by atoms with Crippen molar-refractivity contribution >= 4 is 38.7 Å². The summed E-state index contributed by atoms with van der Waals surface area (Å²) in [6.07, 6.45) is 0. The number of aromatic nitrogens is 3. The molecule has 4 N–H and O–H groups in total. The molecule has 0 atom stereocenters. The Labute approximate surface area is 139 Å². The Hall–Kier alpha value is -3.26. The molecule has 8 heteroatoms. The monoisotopic (exact) mass is 336 g/mol. The highest BCUT2D eigenvalue weighted by Gasteiger charge is 2.11. The third kappa shape index (κ3) is 2.48. The highest BCUT2D eigenvalue weighted by molar-refractivity contribution is 7.21. The van der Waals surface area contributed by atoms with Gasteiger partial charge in [0.1, 0.15) is 10.8 Å². The van der Waals surface area contributed by atoms with Crippen LogP contribution in [0.15, 0.2) is 63.6 Å². The average molecular weight is 336 g/mol. The number of nitrogens with one attached hydrogen (secondary N) is 2. The fraction of sp³-hybridized carbons (Fsp3) is 0. The van der Waals surface area contributed by atoms with E-state index in [1.54, 1.807) is 11.3 Å². The van der Waals surface area contributed by atoms with E-state index in [-0.39, 0.29) is 11.5 Å². The summed E-state index contributed by atoms with van der Waals surface area (Å²) >= 11 is 1.58. The summed E-state index contributed by atoms with van der Waals surface area (Å²) in [4.78, 5) is 16.2. The zero-order valence-electron chi connectivity index (χ0n) is 12.4. The number of hydrogen-bond donors (Lipinski definition) is 3. The first-order valence-electron chi connectivity index (χ1n) is 7.15. The van der Waals surface area contributed by atoms with Crippen molar-refractivity contribution in [1.82, 2.24) is 15.2 Å². The van der Waals surface area contributed by atoms with Crippen LogP contribution in [0.25, 0.3) is 20.8 Å². The molecule has 0 bridgehead atoms. The molecule has 4 rings (SSSR count). The predicted octanol–water partition coefficient (Wildman–Crippen LogP) is 3.98. The first kappa shape index (κ1) is 14.3. The van der Waals surface area contributed by atoms with Gasteiger partial charge in [-0.15, -0.1) is 21.6 Å². The number of thiazole rings is 1. The van der Waals surface area contributed by atoms with Crippen LogP contribution in [0, 0.1) is 0 Å². The Morgan fingerprint density at radius 3 is 2.58 bits per heavy atom. The number of para-hydroxylation sites is 1. The first-order chi connectivity index (χ1) is 11.7. The van der Waals surface area contributed by atoms with E-state index in [9.17, 15) is 4.79 Å². The molecule has 4 aromatic rings. The highest BCUT2D eigenvalue weighted by atomic mass is 32.1. The third-order valence-electron chi connectivity index (χ3n) is 3.47. The summed E-state index contributed by atoms with van der Waals surface area (Å²) in [6, 6.07) is 15.5. The van der Waals surface area contributed by atoms with Crippen LogP contribution in [0.5, 0.6) is 0 Å². The lowest BCUT2D eigenvalue weighted by Gasteiger charge is -2.00. The van der Waals surface area contributed by atoms with Gasteiger partial charge >= 0.3 is 0 Å².